The first kappa shape index (κ1) is 13.8. The summed E-state index contributed by atoms with van der Waals surface area (Å²) in [5.41, 5.74) is 0. The molecule has 2 atom stereocenters. The Morgan fingerprint density at radius 2 is 2.24 bits per heavy atom. The molecule has 94 valence electrons. The van der Waals surface area contributed by atoms with Crippen LogP contribution in [0.25, 0.3) is 0 Å². The number of rotatable bonds is 5. The van der Waals surface area contributed by atoms with E-state index in [-0.39, 0.29) is 5.91 Å². The number of nitrogens with one attached hydrogen (secondary N) is 1. The minimum Gasteiger partial charge on any atom is -0.355 e. The zero-order valence-corrected chi connectivity index (χ0v) is 10.7. The second-order valence-electron chi connectivity index (χ2n) is 3.69. The van der Waals surface area contributed by atoms with Gasteiger partial charge in [-0.15, -0.1) is 0 Å². The van der Waals surface area contributed by atoms with Crippen LogP contribution in [0.15, 0.2) is 29.2 Å². The summed E-state index contributed by atoms with van der Waals surface area (Å²) < 4.78 is 24.9. The lowest BCUT2D eigenvalue weighted by molar-refractivity contribution is -0.120. The maximum absolute atomic E-state index is 13.0. The quantitative estimate of drug-likeness (QED) is 0.875. The second-order valence-corrected chi connectivity index (χ2v) is 5.46. The zero-order chi connectivity index (χ0) is 12.8. The highest BCUT2D eigenvalue weighted by atomic mass is 32.2. The highest BCUT2D eigenvalue weighted by molar-refractivity contribution is 7.86. The standard InChI is InChI=1S/C12H16FNO2S/c1-3-7-14-12(15)9(2)17(16)11-6-4-5-10(13)8-11/h4-6,8-9H,3,7H2,1-2H3,(H,14,15). The molecule has 0 aromatic heterocycles. The van der Waals surface area contributed by atoms with Crippen LogP contribution in [0.3, 0.4) is 0 Å². The Bertz CT molecular complexity index is 423. The molecule has 5 heteroatoms. The first-order chi connectivity index (χ1) is 8.06. The predicted octanol–water partition coefficient (Wildman–Crippen LogP) is 1.85. The fourth-order valence-electron chi connectivity index (χ4n) is 1.29. The summed E-state index contributed by atoms with van der Waals surface area (Å²) >= 11 is 0. The monoisotopic (exact) mass is 257 g/mol. The summed E-state index contributed by atoms with van der Waals surface area (Å²) in [6, 6.07) is 5.52. The SMILES string of the molecule is CCCNC(=O)C(C)S(=O)c1cccc(F)c1. The van der Waals surface area contributed by atoms with Gasteiger partial charge in [0.05, 0.1) is 10.8 Å². The van der Waals surface area contributed by atoms with Crippen molar-refractivity contribution in [3.8, 4) is 0 Å². The zero-order valence-electron chi connectivity index (χ0n) is 9.90. The Balaban J connectivity index is 2.72. The molecule has 1 rings (SSSR count). The molecule has 0 fully saturated rings. The summed E-state index contributed by atoms with van der Waals surface area (Å²) in [5.74, 6) is -0.716. The first-order valence-corrected chi connectivity index (χ1v) is 6.71. The highest BCUT2D eigenvalue weighted by Crippen LogP contribution is 2.12. The van der Waals surface area contributed by atoms with Crippen LogP contribution in [0.2, 0.25) is 0 Å². The normalized spacial score (nSPS) is 14.1. The molecule has 0 heterocycles. The van der Waals surface area contributed by atoms with Crippen LogP contribution in [-0.4, -0.2) is 21.9 Å². The van der Waals surface area contributed by atoms with E-state index in [0.717, 1.165) is 6.42 Å². The molecule has 0 aliphatic carbocycles. The van der Waals surface area contributed by atoms with Crippen molar-refractivity contribution >= 4 is 16.7 Å². The molecule has 2 unspecified atom stereocenters. The van der Waals surface area contributed by atoms with E-state index in [1.807, 2.05) is 6.92 Å². The van der Waals surface area contributed by atoms with Crippen LogP contribution in [0.5, 0.6) is 0 Å². The van der Waals surface area contributed by atoms with Crippen molar-refractivity contribution in [2.75, 3.05) is 6.54 Å². The smallest absolute Gasteiger partial charge is 0.235 e. The molecule has 0 bridgehead atoms. The van der Waals surface area contributed by atoms with E-state index in [1.54, 1.807) is 13.0 Å². The van der Waals surface area contributed by atoms with Crippen LogP contribution in [0, 0.1) is 5.82 Å². The largest absolute Gasteiger partial charge is 0.355 e. The van der Waals surface area contributed by atoms with Crippen molar-refractivity contribution in [1.82, 2.24) is 5.32 Å². The average Bonchev–Trinajstić information content (AvgIpc) is 2.34. The van der Waals surface area contributed by atoms with E-state index in [1.165, 1.54) is 18.2 Å². The van der Waals surface area contributed by atoms with Gasteiger partial charge in [0.25, 0.3) is 0 Å². The van der Waals surface area contributed by atoms with Crippen molar-refractivity contribution in [3.63, 3.8) is 0 Å². The van der Waals surface area contributed by atoms with Crippen LogP contribution in [0.1, 0.15) is 20.3 Å². The first-order valence-electron chi connectivity index (χ1n) is 5.50. The summed E-state index contributed by atoms with van der Waals surface area (Å²) in [4.78, 5) is 11.9. The molecule has 0 radical (unpaired) electrons. The Hall–Kier alpha value is -1.23. The van der Waals surface area contributed by atoms with Crippen LogP contribution >= 0.6 is 0 Å². The molecule has 0 spiro atoms. The Morgan fingerprint density at radius 1 is 1.53 bits per heavy atom. The molecular weight excluding hydrogens is 241 g/mol. The van der Waals surface area contributed by atoms with Crippen molar-refractivity contribution < 1.29 is 13.4 Å². The number of carbonyl (C=O) groups excluding carboxylic acids is 1. The van der Waals surface area contributed by atoms with E-state index in [2.05, 4.69) is 5.32 Å². The molecule has 3 nitrogen and oxygen atoms in total. The number of benzene rings is 1. The third-order valence-corrected chi connectivity index (χ3v) is 3.84. The van der Waals surface area contributed by atoms with Gasteiger partial charge in [-0.1, -0.05) is 13.0 Å². The van der Waals surface area contributed by atoms with Crippen LogP contribution in [-0.2, 0) is 15.6 Å². The predicted molar refractivity (Wildman–Crippen MR) is 65.6 cm³/mol. The molecule has 1 aromatic rings. The number of carbonyl (C=O) groups is 1. The number of hydrogen-bond acceptors (Lipinski definition) is 2. The van der Waals surface area contributed by atoms with E-state index >= 15 is 0 Å². The Morgan fingerprint density at radius 3 is 2.82 bits per heavy atom. The van der Waals surface area contributed by atoms with E-state index in [4.69, 9.17) is 0 Å². The summed E-state index contributed by atoms with van der Waals surface area (Å²) in [6.07, 6.45) is 0.824. The molecular formula is C12H16FNO2S. The average molecular weight is 257 g/mol. The maximum Gasteiger partial charge on any atom is 0.235 e. The molecule has 17 heavy (non-hydrogen) atoms. The fraction of sp³-hybridized carbons (Fsp3) is 0.417. The van der Waals surface area contributed by atoms with Gasteiger partial charge >= 0.3 is 0 Å². The van der Waals surface area contributed by atoms with Gasteiger partial charge in [-0.2, -0.15) is 0 Å². The Kier molecular flexibility index (Phi) is 5.28. The van der Waals surface area contributed by atoms with E-state index in [0.29, 0.717) is 11.4 Å². The molecule has 0 aliphatic heterocycles. The van der Waals surface area contributed by atoms with Crippen molar-refractivity contribution in [3.05, 3.63) is 30.1 Å². The van der Waals surface area contributed by atoms with Crippen molar-refractivity contribution in [2.24, 2.45) is 0 Å². The third-order valence-electron chi connectivity index (χ3n) is 2.27. The van der Waals surface area contributed by atoms with Gasteiger partial charge in [-0.3, -0.25) is 9.00 Å². The van der Waals surface area contributed by atoms with E-state index < -0.39 is 21.9 Å². The third kappa shape index (κ3) is 3.93. The molecule has 1 N–H and O–H groups in total. The van der Waals surface area contributed by atoms with Crippen LogP contribution in [0.4, 0.5) is 4.39 Å². The van der Waals surface area contributed by atoms with Gasteiger partial charge in [-0.05, 0) is 31.5 Å². The fourth-order valence-corrected chi connectivity index (χ4v) is 2.41. The van der Waals surface area contributed by atoms with Crippen LogP contribution < -0.4 is 5.32 Å². The Labute approximate surface area is 103 Å². The number of halogens is 1. The summed E-state index contributed by atoms with van der Waals surface area (Å²) in [5, 5.41) is 1.99. The molecule has 1 amide bonds. The van der Waals surface area contributed by atoms with E-state index in [9.17, 15) is 13.4 Å². The van der Waals surface area contributed by atoms with Gasteiger partial charge in [0, 0.05) is 11.4 Å². The van der Waals surface area contributed by atoms with Gasteiger partial charge in [0.1, 0.15) is 11.1 Å². The minimum atomic E-state index is -1.52. The minimum absolute atomic E-state index is 0.269. The van der Waals surface area contributed by atoms with Gasteiger partial charge < -0.3 is 5.32 Å². The maximum atomic E-state index is 13.0. The molecule has 0 saturated heterocycles. The lowest BCUT2D eigenvalue weighted by Gasteiger charge is -2.11. The number of hydrogen-bond donors (Lipinski definition) is 1. The summed E-state index contributed by atoms with van der Waals surface area (Å²) in [7, 11) is -1.52. The lowest BCUT2D eigenvalue weighted by atomic mass is 10.3. The van der Waals surface area contributed by atoms with Gasteiger partial charge in [-0.25, -0.2) is 4.39 Å². The van der Waals surface area contributed by atoms with Gasteiger partial charge in [0.15, 0.2) is 0 Å². The molecule has 0 saturated carbocycles. The second kappa shape index (κ2) is 6.49. The number of amides is 1. The molecule has 1 aromatic carbocycles. The van der Waals surface area contributed by atoms with Gasteiger partial charge in [0.2, 0.25) is 5.91 Å². The van der Waals surface area contributed by atoms with Crippen molar-refractivity contribution in [1.29, 1.82) is 0 Å². The summed E-state index contributed by atoms with van der Waals surface area (Å²) in [6.45, 7) is 4.07. The lowest BCUT2D eigenvalue weighted by Crippen LogP contribution is -2.35. The highest BCUT2D eigenvalue weighted by Gasteiger charge is 2.21. The topological polar surface area (TPSA) is 46.2 Å². The molecule has 0 aliphatic rings. The van der Waals surface area contributed by atoms with Crippen molar-refractivity contribution in [2.45, 2.75) is 30.4 Å².